The zero-order valence-electron chi connectivity index (χ0n) is 12.6. The molecule has 6 heteroatoms. The molecule has 1 atom stereocenters. The minimum atomic E-state index is -0.646. The first-order valence-electron chi connectivity index (χ1n) is 7.11. The monoisotopic (exact) mass is 294 g/mol. The maximum absolute atomic E-state index is 12.1. The highest BCUT2D eigenvalue weighted by atomic mass is 16.6. The van der Waals surface area contributed by atoms with Gasteiger partial charge in [-0.1, -0.05) is 32.8 Å². The number of benzene rings is 1. The third-order valence-electron chi connectivity index (χ3n) is 3.66. The number of nitrogens with zero attached hydrogens (tertiary/aromatic N) is 1. The third kappa shape index (κ3) is 4.53. The number of amides is 1. The number of aliphatic hydroxyl groups is 1. The Morgan fingerprint density at radius 3 is 2.52 bits per heavy atom. The average molecular weight is 294 g/mol. The molecule has 116 valence electrons. The summed E-state index contributed by atoms with van der Waals surface area (Å²) in [5.74, 6) is -0.423. The Bertz CT molecular complexity index is 512. The van der Waals surface area contributed by atoms with Crippen LogP contribution in [0.1, 0.15) is 42.6 Å². The third-order valence-corrected chi connectivity index (χ3v) is 3.66. The van der Waals surface area contributed by atoms with Crippen LogP contribution >= 0.6 is 0 Å². The molecule has 0 aromatic heterocycles. The quantitative estimate of drug-likeness (QED) is 0.596. The molecule has 1 unspecified atom stereocenters. The number of carbonyl (C=O) groups excluding carboxylic acids is 1. The van der Waals surface area contributed by atoms with E-state index in [-0.39, 0.29) is 23.7 Å². The molecule has 0 bridgehead atoms. The van der Waals surface area contributed by atoms with Gasteiger partial charge in [0, 0.05) is 12.6 Å². The fourth-order valence-corrected chi connectivity index (χ4v) is 2.28. The number of hydrogen-bond acceptors (Lipinski definition) is 4. The molecule has 0 aliphatic carbocycles. The summed E-state index contributed by atoms with van der Waals surface area (Å²) in [6.07, 6.45) is 0.990. The van der Waals surface area contributed by atoms with Crippen molar-refractivity contribution in [3.63, 3.8) is 0 Å². The lowest BCUT2D eigenvalue weighted by Crippen LogP contribution is -2.36. The second kappa shape index (κ2) is 7.73. The number of aryl methyl sites for hydroxylation is 1. The zero-order chi connectivity index (χ0) is 16.0. The van der Waals surface area contributed by atoms with E-state index in [2.05, 4.69) is 5.32 Å². The van der Waals surface area contributed by atoms with Crippen molar-refractivity contribution in [1.29, 1.82) is 0 Å². The van der Waals surface area contributed by atoms with Gasteiger partial charge in [-0.2, -0.15) is 0 Å². The van der Waals surface area contributed by atoms with Gasteiger partial charge in [0.25, 0.3) is 11.6 Å². The topological polar surface area (TPSA) is 92.5 Å². The molecule has 0 heterocycles. The van der Waals surface area contributed by atoms with Gasteiger partial charge in [0.2, 0.25) is 0 Å². The average Bonchev–Trinajstić information content (AvgIpc) is 2.45. The molecule has 0 saturated carbocycles. The highest BCUT2D eigenvalue weighted by Crippen LogP contribution is 2.20. The smallest absolute Gasteiger partial charge is 0.282 e. The number of rotatable bonds is 7. The van der Waals surface area contributed by atoms with Gasteiger partial charge in [0.1, 0.15) is 5.56 Å². The molecular formula is C15H22N2O4. The number of nitrogens with one attached hydrogen (secondary N) is 1. The van der Waals surface area contributed by atoms with E-state index >= 15 is 0 Å². The van der Waals surface area contributed by atoms with Crippen molar-refractivity contribution in [2.75, 3.05) is 6.54 Å². The van der Waals surface area contributed by atoms with Crippen molar-refractivity contribution in [3.8, 4) is 0 Å². The van der Waals surface area contributed by atoms with Crippen LogP contribution in [0.2, 0.25) is 0 Å². The molecule has 0 aliphatic heterocycles. The first kappa shape index (κ1) is 17.1. The van der Waals surface area contributed by atoms with Gasteiger partial charge in [-0.05, 0) is 24.5 Å². The van der Waals surface area contributed by atoms with E-state index < -0.39 is 16.9 Å². The van der Waals surface area contributed by atoms with Crippen LogP contribution in [0.15, 0.2) is 18.2 Å². The summed E-state index contributed by atoms with van der Waals surface area (Å²) in [6.45, 7) is 5.81. The molecule has 1 aromatic rings. The number of nitro groups is 1. The lowest BCUT2D eigenvalue weighted by atomic mass is 9.96. The van der Waals surface area contributed by atoms with Gasteiger partial charge in [-0.25, -0.2) is 0 Å². The molecule has 0 aliphatic rings. The number of aliphatic hydroxyl groups excluding tert-OH is 1. The van der Waals surface area contributed by atoms with E-state index in [1.54, 1.807) is 13.0 Å². The highest BCUT2D eigenvalue weighted by molar-refractivity contribution is 5.98. The predicted octanol–water partition coefficient (Wildman–Crippen LogP) is 2.43. The molecule has 1 rings (SSSR count). The van der Waals surface area contributed by atoms with E-state index in [1.807, 2.05) is 13.8 Å². The van der Waals surface area contributed by atoms with Crippen LogP contribution in [0.25, 0.3) is 0 Å². The zero-order valence-corrected chi connectivity index (χ0v) is 12.6. The Hall–Kier alpha value is -1.95. The van der Waals surface area contributed by atoms with Crippen molar-refractivity contribution < 1.29 is 14.8 Å². The van der Waals surface area contributed by atoms with E-state index in [9.17, 15) is 20.0 Å². The largest absolute Gasteiger partial charge is 0.391 e. The normalized spacial score (nSPS) is 12.2. The molecule has 2 N–H and O–H groups in total. The van der Waals surface area contributed by atoms with Gasteiger partial charge in [0.05, 0.1) is 11.0 Å². The molecule has 1 aromatic carbocycles. The van der Waals surface area contributed by atoms with Gasteiger partial charge >= 0.3 is 0 Å². The summed E-state index contributed by atoms with van der Waals surface area (Å²) in [5, 5.41) is 23.5. The predicted molar refractivity (Wildman–Crippen MR) is 80.2 cm³/mol. The number of hydrogen-bond donors (Lipinski definition) is 2. The molecule has 21 heavy (non-hydrogen) atoms. The van der Waals surface area contributed by atoms with Crippen LogP contribution in [0.3, 0.4) is 0 Å². The standard InChI is InChI=1S/C15H22N2O4/c1-4-11(5-2)14(18)9-16-15(19)12-8-10(3)6-7-13(12)17(20)21/h6-8,11,14,18H,4-5,9H2,1-3H3,(H,16,19). The van der Waals surface area contributed by atoms with Crippen molar-refractivity contribution in [1.82, 2.24) is 5.32 Å². The van der Waals surface area contributed by atoms with Gasteiger partial charge in [0.15, 0.2) is 0 Å². The summed E-state index contributed by atoms with van der Waals surface area (Å²) >= 11 is 0. The summed E-state index contributed by atoms with van der Waals surface area (Å²) < 4.78 is 0. The highest BCUT2D eigenvalue weighted by Gasteiger charge is 2.22. The van der Waals surface area contributed by atoms with Crippen LogP contribution in [0.4, 0.5) is 5.69 Å². The SMILES string of the molecule is CCC(CC)C(O)CNC(=O)c1cc(C)ccc1[N+](=O)[O-]. The summed E-state index contributed by atoms with van der Waals surface area (Å²) in [4.78, 5) is 22.5. The van der Waals surface area contributed by atoms with E-state index in [4.69, 9.17) is 0 Å². The molecule has 0 radical (unpaired) electrons. The van der Waals surface area contributed by atoms with Gasteiger partial charge in [-0.15, -0.1) is 0 Å². The van der Waals surface area contributed by atoms with Crippen molar-refractivity contribution in [2.24, 2.45) is 5.92 Å². The Kier molecular flexibility index (Phi) is 6.30. The Morgan fingerprint density at radius 1 is 1.38 bits per heavy atom. The van der Waals surface area contributed by atoms with Crippen LogP contribution < -0.4 is 5.32 Å². The van der Waals surface area contributed by atoms with E-state index in [0.717, 1.165) is 18.4 Å². The fraction of sp³-hybridized carbons (Fsp3) is 0.533. The van der Waals surface area contributed by atoms with Gasteiger partial charge in [-0.3, -0.25) is 14.9 Å². The maximum Gasteiger partial charge on any atom is 0.282 e. The second-order valence-corrected chi connectivity index (χ2v) is 5.13. The lowest BCUT2D eigenvalue weighted by molar-refractivity contribution is -0.385. The molecule has 0 spiro atoms. The van der Waals surface area contributed by atoms with Crippen LogP contribution in [0.5, 0.6) is 0 Å². The minimum absolute atomic E-state index is 0.0248. The molecular weight excluding hydrogens is 272 g/mol. The first-order valence-corrected chi connectivity index (χ1v) is 7.11. The summed E-state index contributed by atoms with van der Waals surface area (Å²) in [6, 6.07) is 4.40. The van der Waals surface area contributed by atoms with E-state index in [1.165, 1.54) is 12.1 Å². The summed E-state index contributed by atoms with van der Waals surface area (Å²) in [7, 11) is 0. The fourth-order valence-electron chi connectivity index (χ4n) is 2.28. The molecule has 6 nitrogen and oxygen atoms in total. The molecule has 1 amide bonds. The second-order valence-electron chi connectivity index (χ2n) is 5.13. The maximum atomic E-state index is 12.1. The number of carbonyl (C=O) groups is 1. The molecule has 0 fully saturated rings. The Morgan fingerprint density at radius 2 is 2.00 bits per heavy atom. The summed E-state index contributed by atoms with van der Waals surface area (Å²) in [5.41, 5.74) is 0.568. The van der Waals surface area contributed by atoms with Crippen LogP contribution in [0, 0.1) is 23.0 Å². The number of nitro benzene ring substituents is 1. The van der Waals surface area contributed by atoms with E-state index in [0.29, 0.717) is 0 Å². The molecule has 0 saturated heterocycles. The lowest BCUT2D eigenvalue weighted by Gasteiger charge is -2.20. The Balaban J connectivity index is 2.80. The van der Waals surface area contributed by atoms with Crippen molar-refractivity contribution in [2.45, 2.75) is 39.7 Å². The Labute approximate surface area is 124 Å². The van der Waals surface area contributed by atoms with Crippen molar-refractivity contribution in [3.05, 3.63) is 39.4 Å². The van der Waals surface area contributed by atoms with Crippen LogP contribution in [-0.4, -0.2) is 28.6 Å². The first-order chi connectivity index (χ1) is 9.90. The van der Waals surface area contributed by atoms with Crippen molar-refractivity contribution >= 4 is 11.6 Å². The van der Waals surface area contributed by atoms with Crippen LogP contribution in [-0.2, 0) is 0 Å². The minimum Gasteiger partial charge on any atom is -0.391 e. The van der Waals surface area contributed by atoms with Gasteiger partial charge < -0.3 is 10.4 Å².